The zero-order chi connectivity index (χ0) is 16.7. The fourth-order valence-electron chi connectivity index (χ4n) is 5.39. The van der Waals surface area contributed by atoms with E-state index >= 15 is 0 Å². The van der Waals surface area contributed by atoms with Gasteiger partial charge in [0.25, 0.3) is 5.91 Å². The molecule has 3 nitrogen and oxygen atoms in total. The summed E-state index contributed by atoms with van der Waals surface area (Å²) in [5.41, 5.74) is 0.727. The Labute approximate surface area is 145 Å². The molecule has 4 saturated carbocycles. The number of carbonyl (C=O) groups excluding carboxylic acids is 1. The minimum Gasteiger partial charge on any atom is -0.493 e. The maximum absolute atomic E-state index is 12.8. The molecule has 1 amide bonds. The number of benzene rings is 1. The molecule has 0 radical (unpaired) electrons. The molecule has 0 heterocycles. The smallest absolute Gasteiger partial charge is 0.251 e. The summed E-state index contributed by atoms with van der Waals surface area (Å²) in [6, 6.07) is 8.02. The molecule has 3 heteroatoms. The summed E-state index contributed by atoms with van der Waals surface area (Å²) in [6.45, 7) is 4.94. The van der Waals surface area contributed by atoms with Gasteiger partial charge in [-0.25, -0.2) is 0 Å². The Hall–Kier alpha value is -1.51. The van der Waals surface area contributed by atoms with Crippen LogP contribution in [0.25, 0.3) is 0 Å². The molecule has 1 N–H and O–H groups in total. The van der Waals surface area contributed by atoms with Crippen LogP contribution in [0.4, 0.5) is 0 Å². The third kappa shape index (κ3) is 3.18. The SMILES string of the molecule is CC(C)COc1cccc(C(=O)NC2C3CC4CC(C3)CC2C4)c1. The van der Waals surface area contributed by atoms with Crippen molar-refractivity contribution >= 4 is 5.91 Å². The highest BCUT2D eigenvalue weighted by atomic mass is 16.5. The largest absolute Gasteiger partial charge is 0.493 e. The molecule has 4 aliphatic carbocycles. The average molecular weight is 327 g/mol. The fraction of sp³-hybridized carbons (Fsp3) is 0.667. The summed E-state index contributed by atoms with van der Waals surface area (Å²) in [6.07, 6.45) is 6.76. The van der Waals surface area contributed by atoms with Crippen LogP contribution in [0.1, 0.15) is 56.3 Å². The van der Waals surface area contributed by atoms with Crippen molar-refractivity contribution in [1.82, 2.24) is 5.32 Å². The third-order valence-corrected chi connectivity index (χ3v) is 6.20. The van der Waals surface area contributed by atoms with E-state index in [0.29, 0.717) is 30.4 Å². The van der Waals surface area contributed by atoms with Gasteiger partial charge in [0.05, 0.1) is 6.61 Å². The highest BCUT2D eigenvalue weighted by Crippen LogP contribution is 2.53. The Morgan fingerprint density at radius 2 is 1.79 bits per heavy atom. The van der Waals surface area contributed by atoms with Gasteiger partial charge in [-0.1, -0.05) is 19.9 Å². The Morgan fingerprint density at radius 3 is 2.42 bits per heavy atom. The Balaban J connectivity index is 1.42. The van der Waals surface area contributed by atoms with Gasteiger partial charge in [0, 0.05) is 11.6 Å². The zero-order valence-corrected chi connectivity index (χ0v) is 14.8. The van der Waals surface area contributed by atoms with Crippen LogP contribution in [0.15, 0.2) is 24.3 Å². The Kier molecular flexibility index (Phi) is 4.28. The predicted molar refractivity (Wildman–Crippen MR) is 95.1 cm³/mol. The van der Waals surface area contributed by atoms with Crippen molar-refractivity contribution in [3.63, 3.8) is 0 Å². The maximum Gasteiger partial charge on any atom is 0.251 e. The second kappa shape index (κ2) is 6.42. The minimum absolute atomic E-state index is 0.0717. The summed E-state index contributed by atoms with van der Waals surface area (Å²) in [7, 11) is 0. The van der Waals surface area contributed by atoms with Crippen molar-refractivity contribution in [3.8, 4) is 5.75 Å². The lowest BCUT2D eigenvalue weighted by Gasteiger charge is -2.54. The van der Waals surface area contributed by atoms with Gasteiger partial charge in [-0.2, -0.15) is 0 Å². The lowest BCUT2D eigenvalue weighted by molar-refractivity contribution is -0.0119. The second-order valence-corrected chi connectivity index (χ2v) is 8.66. The van der Waals surface area contributed by atoms with Gasteiger partial charge in [0.1, 0.15) is 5.75 Å². The summed E-state index contributed by atoms with van der Waals surface area (Å²) in [5.74, 6) is 4.65. The van der Waals surface area contributed by atoms with Gasteiger partial charge in [0.2, 0.25) is 0 Å². The van der Waals surface area contributed by atoms with Crippen molar-refractivity contribution in [1.29, 1.82) is 0 Å². The molecule has 4 bridgehead atoms. The van der Waals surface area contributed by atoms with Crippen molar-refractivity contribution in [2.75, 3.05) is 6.61 Å². The molecule has 0 atom stereocenters. The van der Waals surface area contributed by atoms with Crippen molar-refractivity contribution in [2.24, 2.45) is 29.6 Å². The summed E-state index contributed by atoms with van der Waals surface area (Å²) >= 11 is 0. The quantitative estimate of drug-likeness (QED) is 0.877. The monoisotopic (exact) mass is 327 g/mol. The molecular weight excluding hydrogens is 298 g/mol. The highest BCUT2D eigenvalue weighted by Gasteiger charge is 2.48. The van der Waals surface area contributed by atoms with Crippen LogP contribution in [0.2, 0.25) is 0 Å². The van der Waals surface area contributed by atoms with Crippen LogP contribution in [-0.2, 0) is 0 Å². The zero-order valence-electron chi connectivity index (χ0n) is 14.8. The van der Waals surface area contributed by atoms with Gasteiger partial charge in [-0.15, -0.1) is 0 Å². The van der Waals surface area contributed by atoms with Crippen molar-refractivity contribution in [3.05, 3.63) is 29.8 Å². The molecular formula is C21H29NO2. The molecule has 0 unspecified atom stereocenters. The second-order valence-electron chi connectivity index (χ2n) is 8.66. The number of amides is 1. The Morgan fingerprint density at radius 1 is 1.12 bits per heavy atom. The van der Waals surface area contributed by atoms with Crippen LogP contribution >= 0.6 is 0 Å². The van der Waals surface area contributed by atoms with Gasteiger partial charge in [0.15, 0.2) is 0 Å². The van der Waals surface area contributed by atoms with E-state index < -0.39 is 0 Å². The predicted octanol–water partition coefficient (Wildman–Crippen LogP) is 4.28. The van der Waals surface area contributed by atoms with E-state index in [9.17, 15) is 4.79 Å². The first-order chi connectivity index (χ1) is 11.6. The topological polar surface area (TPSA) is 38.3 Å². The average Bonchev–Trinajstić information content (AvgIpc) is 2.55. The Bertz CT molecular complexity index is 582. The lowest BCUT2D eigenvalue weighted by atomic mass is 9.54. The molecule has 0 spiro atoms. The molecule has 130 valence electrons. The number of hydrogen-bond donors (Lipinski definition) is 1. The normalized spacial score (nSPS) is 33.7. The molecule has 5 rings (SSSR count). The molecule has 4 aliphatic rings. The van der Waals surface area contributed by atoms with E-state index in [4.69, 9.17) is 4.74 Å². The standard InChI is InChI=1S/C21H29NO2/c1-13(2)12-24-19-5-3-4-16(11-19)21(23)22-20-17-7-14-6-15(9-17)10-18(20)8-14/h3-5,11,13-15,17-18,20H,6-10,12H2,1-2H3,(H,22,23). The molecule has 0 aliphatic heterocycles. The number of rotatable bonds is 5. The maximum atomic E-state index is 12.8. The highest BCUT2D eigenvalue weighted by molar-refractivity contribution is 5.94. The number of ether oxygens (including phenoxy) is 1. The van der Waals surface area contributed by atoms with Gasteiger partial charge >= 0.3 is 0 Å². The molecule has 24 heavy (non-hydrogen) atoms. The van der Waals surface area contributed by atoms with Gasteiger partial charge in [-0.3, -0.25) is 4.79 Å². The van der Waals surface area contributed by atoms with Gasteiger partial charge in [-0.05, 0) is 79.9 Å². The lowest BCUT2D eigenvalue weighted by Crippen LogP contribution is -2.55. The van der Waals surface area contributed by atoms with E-state index in [1.165, 1.54) is 32.1 Å². The molecule has 0 aromatic heterocycles. The van der Waals surface area contributed by atoms with Crippen LogP contribution in [0.5, 0.6) is 5.75 Å². The van der Waals surface area contributed by atoms with Crippen LogP contribution < -0.4 is 10.1 Å². The van der Waals surface area contributed by atoms with Crippen LogP contribution in [0, 0.1) is 29.6 Å². The molecule has 1 aromatic rings. The molecule has 0 saturated heterocycles. The fourth-order valence-corrected chi connectivity index (χ4v) is 5.39. The van der Waals surface area contributed by atoms with Crippen LogP contribution in [-0.4, -0.2) is 18.6 Å². The minimum atomic E-state index is 0.0717. The number of carbonyl (C=O) groups is 1. The van der Waals surface area contributed by atoms with Crippen molar-refractivity contribution in [2.45, 2.75) is 52.0 Å². The molecule has 4 fully saturated rings. The van der Waals surface area contributed by atoms with E-state index in [0.717, 1.165) is 23.1 Å². The third-order valence-electron chi connectivity index (χ3n) is 6.20. The van der Waals surface area contributed by atoms with E-state index in [2.05, 4.69) is 19.2 Å². The molecule has 1 aromatic carbocycles. The van der Waals surface area contributed by atoms with E-state index in [-0.39, 0.29) is 5.91 Å². The van der Waals surface area contributed by atoms with E-state index in [1.807, 2.05) is 24.3 Å². The summed E-state index contributed by atoms with van der Waals surface area (Å²) in [5, 5.41) is 3.38. The first-order valence-electron chi connectivity index (χ1n) is 9.62. The van der Waals surface area contributed by atoms with E-state index in [1.54, 1.807) is 0 Å². The van der Waals surface area contributed by atoms with Crippen LogP contribution in [0.3, 0.4) is 0 Å². The summed E-state index contributed by atoms with van der Waals surface area (Å²) < 4.78 is 5.76. The first-order valence-corrected chi connectivity index (χ1v) is 9.62. The summed E-state index contributed by atoms with van der Waals surface area (Å²) in [4.78, 5) is 12.8. The number of hydrogen-bond acceptors (Lipinski definition) is 2. The first kappa shape index (κ1) is 16.0. The number of nitrogens with one attached hydrogen (secondary N) is 1. The van der Waals surface area contributed by atoms with Crippen molar-refractivity contribution < 1.29 is 9.53 Å². The van der Waals surface area contributed by atoms with Gasteiger partial charge < -0.3 is 10.1 Å².